The lowest BCUT2D eigenvalue weighted by Gasteiger charge is -2.20. The van der Waals surface area contributed by atoms with E-state index >= 15 is 0 Å². The summed E-state index contributed by atoms with van der Waals surface area (Å²) >= 11 is 6.04. The van der Waals surface area contributed by atoms with Gasteiger partial charge in [0.05, 0.1) is 18.2 Å². The van der Waals surface area contributed by atoms with Gasteiger partial charge in [-0.2, -0.15) is 5.10 Å². The van der Waals surface area contributed by atoms with Crippen LogP contribution in [0.3, 0.4) is 0 Å². The quantitative estimate of drug-likeness (QED) is 0.825. The second-order valence-electron chi connectivity index (χ2n) is 4.35. The second-order valence-corrected chi connectivity index (χ2v) is 4.73. The number of aromatic nitrogens is 4. The molecular formula is C12H16ClN5O. The van der Waals surface area contributed by atoms with Crippen LogP contribution in [0.15, 0.2) is 29.7 Å². The van der Waals surface area contributed by atoms with Gasteiger partial charge in [-0.3, -0.25) is 4.79 Å². The molecule has 2 aromatic rings. The van der Waals surface area contributed by atoms with Crippen molar-refractivity contribution in [2.75, 3.05) is 18.5 Å². The normalized spacial score (nSPS) is 10.7. The molecule has 0 N–H and O–H groups in total. The lowest BCUT2D eigenvalue weighted by atomic mass is 10.3. The van der Waals surface area contributed by atoms with Crippen LogP contribution in [-0.4, -0.2) is 32.9 Å². The monoisotopic (exact) mass is 281 g/mol. The predicted molar refractivity (Wildman–Crippen MR) is 74.6 cm³/mol. The Kier molecular flexibility index (Phi) is 4.21. The van der Waals surface area contributed by atoms with E-state index in [9.17, 15) is 4.79 Å². The third kappa shape index (κ3) is 3.14. The van der Waals surface area contributed by atoms with Gasteiger partial charge in [0.15, 0.2) is 0 Å². The van der Waals surface area contributed by atoms with Crippen molar-refractivity contribution in [1.29, 1.82) is 0 Å². The van der Waals surface area contributed by atoms with Gasteiger partial charge in [0.25, 0.3) is 5.56 Å². The maximum atomic E-state index is 11.7. The third-order valence-electron chi connectivity index (χ3n) is 2.94. The predicted octanol–water partition coefficient (Wildman–Crippen LogP) is 1.16. The molecule has 2 rings (SSSR count). The smallest absolute Gasteiger partial charge is 0.287 e. The molecule has 0 aromatic carbocycles. The maximum Gasteiger partial charge on any atom is 0.287 e. The van der Waals surface area contributed by atoms with Gasteiger partial charge < -0.3 is 9.47 Å². The summed E-state index contributed by atoms with van der Waals surface area (Å²) in [6, 6.07) is 0. The summed E-state index contributed by atoms with van der Waals surface area (Å²) in [6.07, 6.45) is 8.00. The number of hydrogen-bond donors (Lipinski definition) is 0. The molecular weight excluding hydrogens is 266 g/mol. The van der Waals surface area contributed by atoms with Gasteiger partial charge in [0.1, 0.15) is 5.02 Å². The molecule has 7 heteroatoms. The zero-order chi connectivity index (χ0) is 13.8. The highest BCUT2D eigenvalue weighted by Crippen LogP contribution is 2.19. The summed E-state index contributed by atoms with van der Waals surface area (Å²) in [5.41, 5.74) is 0.385. The standard InChI is InChI=1S/C12H16ClN5O/c1-16(5-3-6-18-7-4-14-9-18)10-8-15-17(2)12(19)11(10)13/h4,7-9H,3,5-6H2,1-2H3. The molecule has 0 aliphatic heterocycles. The highest BCUT2D eigenvalue weighted by Gasteiger charge is 2.11. The lowest BCUT2D eigenvalue weighted by Crippen LogP contribution is -2.26. The van der Waals surface area contributed by atoms with Crippen LogP contribution in [0.4, 0.5) is 5.69 Å². The highest BCUT2D eigenvalue weighted by atomic mass is 35.5. The minimum Gasteiger partial charge on any atom is -0.372 e. The summed E-state index contributed by atoms with van der Waals surface area (Å²) in [6.45, 7) is 1.66. The zero-order valence-corrected chi connectivity index (χ0v) is 11.7. The summed E-state index contributed by atoms with van der Waals surface area (Å²) in [5.74, 6) is 0. The summed E-state index contributed by atoms with van der Waals surface area (Å²) in [4.78, 5) is 17.6. The SMILES string of the molecule is CN(CCCn1ccnc1)c1cnn(C)c(=O)c1Cl. The van der Waals surface area contributed by atoms with Gasteiger partial charge in [-0.15, -0.1) is 0 Å². The van der Waals surface area contributed by atoms with E-state index in [1.165, 1.54) is 4.68 Å². The van der Waals surface area contributed by atoms with Crippen LogP contribution >= 0.6 is 11.6 Å². The number of hydrogen-bond acceptors (Lipinski definition) is 4. The topological polar surface area (TPSA) is 56.0 Å². The first-order valence-electron chi connectivity index (χ1n) is 5.98. The van der Waals surface area contributed by atoms with Crippen LogP contribution in [0.2, 0.25) is 5.02 Å². The molecule has 0 spiro atoms. The molecule has 0 amide bonds. The lowest BCUT2D eigenvalue weighted by molar-refractivity contribution is 0.634. The molecule has 0 atom stereocenters. The Labute approximate surface area is 116 Å². The Balaban J connectivity index is 1.98. The Morgan fingerprint density at radius 1 is 1.47 bits per heavy atom. The fourth-order valence-corrected chi connectivity index (χ4v) is 2.11. The number of halogens is 1. The molecule has 2 aromatic heterocycles. The van der Waals surface area contributed by atoms with Crippen molar-refractivity contribution in [3.63, 3.8) is 0 Å². The minimum absolute atomic E-state index is 0.211. The summed E-state index contributed by atoms with van der Waals surface area (Å²) < 4.78 is 3.24. The Morgan fingerprint density at radius 2 is 2.26 bits per heavy atom. The maximum absolute atomic E-state index is 11.7. The van der Waals surface area contributed by atoms with Crippen molar-refractivity contribution in [3.05, 3.63) is 40.3 Å². The van der Waals surface area contributed by atoms with E-state index in [2.05, 4.69) is 10.1 Å². The van der Waals surface area contributed by atoms with Crippen molar-refractivity contribution in [1.82, 2.24) is 19.3 Å². The van der Waals surface area contributed by atoms with Gasteiger partial charge in [0, 0.05) is 39.6 Å². The molecule has 0 unspecified atom stereocenters. The molecule has 2 heterocycles. The molecule has 0 radical (unpaired) electrons. The molecule has 0 bridgehead atoms. The fraction of sp³-hybridized carbons (Fsp3) is 0.417. The molecule has 19 heavy (non-hydrogen) atoms. The minimum atomic E-state index is -0.277. The van der Waals surface area contributed by atoms with Crippen LogP contribution < -0.4 is 10.5 Å². The fourth-order valence-electron chi connectivity index (χ4n) is 1.80. The van der Waals surface area contributed by atoms with Crippen molar-refractivity contribution in [2.24, 2.45) is 7.05 Å². The molecule has 0 fully saturated rings. The molecule has 0 saturated carbocycles. The molecule has 102 valence electrons. The van der Waals surface area contributed by atoms with E-state index < -0.39 is 0 Å². The largest absolute Gasteiger partial charge is 0.372 e. The molecule has 6 nitrogen and oxygen atoms in total. The molecule has 0 aliphatic rings. The highest BCUT2D eigenvalue weighted by molar-refractivity contribution is 6.32. The van der Waals surface area contributed by atoms with Crippen molar-refractivity contribution < 1.29 is 0 Å². The number of aryl methyl sites for hydroxylation is 2. The zero-order valence-electron chi connectivity index (χ0n) is 11.0. The first-order chi connectivity index (χ1) is 9.09. The average molecular weight is 282 g/mol. The number of nitrogens with zero attached hydrogens (tertiary/aromatic N) is 5. The van der Waals surface area contributed by atoms with E-state index in [4.69, 9.17) is 11.6 Å². The Hall–Kier alpha value is -1.82. The summed E-state index contributed by atoms with van der Waals surface area (Å²) in [7, 11) is 3.48. The van der Waals surface area contributed by atoms with Crippen LogP contribution in [0.1, 0.15) is 6.42 Å². The van der Waals surface area contributed by atoms with Crippen LogP contribution in [0.25, 0.3) is 0 Å². The van der Waals surface area contributed by atoms with E-state index in [0.29, 0.717) is 5.69 Å². The number of anilines is 1. The first-order valence-corrected chi connectivity index (χ1v) is 6.36. The van der Waals surface area contributed by atoms with E-state index in [0.717, 1.165) is 19.5 Å². The van der Waals surface area contributed by atoms with Gasteiger partial charge in [0.2, 0.25) is 0 Å². The second kappa shape index (κ2) is 5.88. The van der Waals surface area contributed by atoms with Crippen LogP contribution in [0.5, 0.6) is 0 Å². The van der Waals surface area contributed by atoms with E-state index in [1.54, 1.807) is 25.8 Å². The van der Waals surface area contributed by atoms with Gasteiger partial charge in [-0.25, -0.2) is 9.67 Å². The number of imidazole rings is 1. The third-order valence-corrected chi connectivity index (χ3v) is 3.30. The molecule has 0 aliphatic carbocycles. The van der Waals surface area contributed by atoms with Crippen molar-refractivity contribution in [3.8, 4) is 0 Å². The average Bonchev–Trinajstić information content (AvgIpc) is 2.89. The first kappa shape index (κ1) is 13.6. The van der Waals surface area contributed by atoms with Crippen LogP contribution in [-0.2, 0) is 13.6 Å². The molecule has 0 saturated heterocycles. The number of rotatable bonds is 5. The van der Waals surface area contributed by atoms with E-state index in [-0.39, 0.29) is 10.6 Å². The van der Waals surface area contributed by atoms with Crippen molar-refractivity contribution >= 4 is 17.3 Å². The Bertz CT molecular complexity index is 593. The summed E-state index contributed by atoms with van der Waals surface area (Å²) in [5, 5.41) is 4.19. The van der Waals surface area contributed by atoms with Crippen molar-refractivity contribution in [2.45, 2.75) is 13.0 Å². The van der Waals surface area contributed by atoms with Gasteiger partial charge in [-0.1, -0.05) is 11.6 Å². The van der Waals surface area contributed by atoms with Gasteiger partial charge >= 0.3 is 0 Å². The van der Waals surface area contributed by atoms with Crippen LogP contribution in [0, 0.1) is 0 Å². The van der Waals surface area contributed by atoms with E-state index in [1.807, 2.05) is 22.7 Å². The Morgan fingerprint density at radius 3 is 2.95 bits per heavy atom. The van der Waals surface area contributed by atoms with Gasteiger partial charge in [-0.05, 0) is 6.42 Å².